The Labute approximate surface area is 175 Å². The maximum absolute atomic E-state index is 12.5. The fraction of sp³-hybridized carbons (Fsp3) is 0.476. The van der Waals surface area contributed by atoms with Crippen LogP contribution in [0.2, 0.25) is 5.02 Å². The quantitative estimate of drug-likeness (QED) is 0.705. The van der Waals surface area contributed by atoms with Gasteiger partial charge in [-0.3, -0.25) is 14.5 Å². The summed E-state index contributed by atoms with van der Waals surface area (Å²) in [5.74, 6) is 0.462. The van der Waals surface area contributed by atoms with Crippen molar-refractivity contribution < 1.29 is 9.59 Å². The number of benzene rings is 1. The van der Waals surface area contributed by atoms with Gasteiger partial charge in [-0.05, 0) is 51.0 Å². The first-order valence-corrected chi connectivity index (χ1v) is 10.6. The van der Waals surface area contributed by atoms with Crippen molar-refractivity contribution in [2.45, 2.75) is 32.2 Å². The summed E-state index contributed by atoms with van der Waals surface area (Å²) in [6, 6.07) is 9.30. The van der Waals surface area contributed by atoms with Gasteiger partial charge in [0.05, 0.1) is 12.2 Å². The lowest BCUT2D eigenvalue weighted by atomic mass is 10.1. The van der Waals surface area contributed by atoms with Crippen molar-refractivity contribution in [1.82, 2.24) is 20.0 Å². The summed E-state index contributed by atoms with van der Waals surface area (Å²) in [7, 11) is 0. The van der Waals surface area contributed by atoms with Gasteiger partial charge in [0.2, 0.25) is 11.8 Å². The molecule has 1 aromatic carbocycles. The zero-order chi connectivity index (χ0) is 20.2. The molecule has 29 heavy (non-hydrogen) atoms. The highest BCUT2D eigenvalue weighted by molar-refractivity contribution is 6.30. The summed E-state index contributed by atoms with van der Waals surface area (Å²) in [6.07, 6.45) is 3.81. The van der Waals surface area contributed by atoms with Crippen molar-refractivity contribution in [3.63, 3.8) is 0 Å². The van der Waals surface area contributed by atoms with Gasteiger partial charge in [-0.25, -0.2) is 4.68 Å². The number of nitrogens with one attached hydrogen (secondary N) is 1. The minimum absolute atomic E-state index is 0.0171. The Bertz CT molecular complexity index is 891. The van der Waals surface area contributed by atoms with Crippen LogP contribution in [0.25, 0.3) is 11.3 Å². The van der Waals surface area contributed by atoms with Crippen molar-refractivity contribution in [2.24, 2.45) is 0 Å². The Kier molecular flexibility index (Phi) is 6.16. The molecule has 1 aromatic heterocycles. The van der Waals surface area contributed by atoms with Crippen molar-refractivity contribution in [1.29, 1.82) is 0 Å². The molecule has 0 aliphatic carbocycles. The first-order chi connectivity index (χ1) is 14.1. The first kappa shape index (κ1) is 19.9. The molecule has 0 unspecified atom stereocenters. The van der Waals surface area contributed by atoms with Crippen LogP contribution in [0.5, 0.6) is 0 Å². The van der Waals surface area contributed by atoms with E-state index in [1.165, 1.54) is 17.7 Å². The van der Waals surface area contributed by atoms with E-state index in [9.17, 15) is 9.59 Å². The molecule has 0 radical (unpaired) electrons. The molecular weight excluding hydrogens is 390 g/mol. The molecule has 8 heteroatoms. The number of aryl methyl sites for hydroxylation is 1. The Morgan fingerprint density at radius 2 is 2.00 bits per heavy atom. The van der Waals surface area contributed by atoms with Gasteiger partial charge in [0, 0.05) is 29.6 Å². The molecule has 0 atom stereocenters. The van der Waals surface area contributed by atoms with E-state index in [1.54, 1.807) is 4.68 Å². The molecule has 3 heterocycles. The summed E-state index contributed by atoms with van der Waals surface area (Å²) >= 11 is 6.09. The Morgan fingerprint density at radius 1 is 1.17 bits per heavy atom. The van der Waals surface area contributed by atoms with Crippen molar-refractivity contribution >= 4 is 29.2 Å². The predicted molar refractivity (Wildman–Crippen MR) is 113 cm³/mol. The smallest absolute Gasteiger partial charge is 0.240 e. The summed E-state index contributed by atoms with van der Waals surface area (Å²) in [4.78, 5) is 28.8. The molecule has 2 aliphatic rings. The molecule has 2 amide bonds. The third-order valence-electron chi connectivity index (χ3n) is 5.47. The number of rotatable bonds is 7. The van der Waals surface area contributed by atoms with Crippen molar-refractivity contribution in [3.05, 3.63) is 35.4 Å². The monoisotopic (exact) mass is 415 g/mol. The minimum atomic E-state index is -0.140. The van der Waals surface area contributed by atoms with Gasteiger partial charge >= 0.3 is 0 Å². The molecule has 0 bridgehead atoms. The van der Waals surface area contributed by atoms with Crippen molar-refractivity contribution in [2.75, 3.05) is 37.6 Å². The molecule has 1 fully saturated rings. The number of nitrogens with zero attached hydrogens (tertiary/aromatic N) is 4. The molecule has 4 rings (SSSR count). The number of likely N-dealkylation sites (tertiary alicyclic amines) is 1. The van der Waals surface area contributed by atoms with E-state index in [2.05, 4.69) is 15.3 Å². The zero-order valence-electron chi connectivity index (χ0n) is 16.4. The highest BCUT2D eigenvalue weighted by Crippen LogP contribution is 2.29. The fourth-order valence-corrected chi connectivity index (χ4v) is 4.14. The highest BCUT2D eigenvalue weighted by atomic mass is 35.5. The fourth-order valence-electron chi connectivity index (χ4n) is 3.95. The van der Waals surface area contributed by atoms with E-state index >= 15 is 0 Å². The van der Waals surface area contributed by atoms with Crippen molar-refractivity contribution in [3.8, 4) is 11.3 Å². The lowest BCUT2D eigenvalue weighted by Gasteiger charge is -2.26. The molecule has 0 saturated carbocycles. The molecule has 1 N–H and O–H groups in total. The molecule has 2 aromatic rings. The lowest BCUT2D eigenvalue weighted by Crippen LogP contribution is -2.44. The highest BCUT2D eigenvalue weighted by Gasteiger charge is 2.28. The first-order valence-electron chi connectivity index (χ1n) is 10.2. The molecule has 2 aliphatic heterocycles. The number of anilines is 1. The second kappa shape index (κ2) is 8.97. The topological polar surface area (TPSA) is 70.5 Å². The average Bonchev–Trinajstić information content (AvgIpc) is 3.37. The van der Waals surface area contributed by atoms with Crippen LogP contribution in [0.1, 0.15) is 25.7 Å². The number of fused-ring (bicyclic) bond motifs is 1. The average molecular weight is 416 g/mol. The Morgan fingerprint density at radius 3 is 2.79 bits per heavy atom. The molecule has 7 nitrogen and oxygen atoms in total. The third kappa shape index (κ3) is 4.79. The maximum atomic E-state index is 12.5. The van der Waals surface area contributed by atoms with Gasteiger partial charge in [0.15, 0.2) is 0 Å². The van der Waals surface area contributed by atoms with E-state index < -0.39 is 0 Å². The molecule has 1 saturated heterocycles. The van der Waals surface area contributed by atoms with E-state index in [4.69, 9.17) is 11.6 Å². The van der Waals surface area contributed by atoms with E-state index in [-0.39, 0.29) is 18.4 Å². The van der Waals surface area contributed by atoms with Crippen LogP contribution in [0.15, 0.2) is 30.3 Å². The summed E-state index contributed by atoms with van der Waals surface area (Å²) in [5.41, 5.74) is 1.63. The van der Waals surface area contributed by atoms with Crippen LogP contribution < -0.4 is 10.2 Å². The standard InChI is InChI=1S/C21H26ClN5O2/c22-17-6-3-5-16(13-17)18-14-20-26(21(29)7-12-27(20)24-18)15-19(28)23-8-4-11-25-9-1-2-10-25/h3,5-6,13-14H,1-2,4,7-12,15H2,(H,23,28). The minimum Gasteiger partial charge on any atom is -0.354 e. The predicted octanol–water partition coefficient (Wildman–Crippen LogP) is 2.54. The molecule has 0 spiro atoms. The number of halogens is 1. The van der Waals surface area contributed by atoms with Gasteiger partial charge in [0.25, 0.3) is 0 Å². The van der Waals surface area contributed by atoms with Crippen LogP contribution in [0, 0.1) is 0 Å². The summed E-state index contributed by atoms with van der Waals surface area (Å²) in [6.45, 7) is 4.50. The lowest BCUT2D eigenvalue weighted by molar-refractivity contribution is -0.124. The normalized spacial score (nSPS) is 16.9. The Hall–Kier alpha value is -2.38. The SMILES string of the molecule is O=C(CN1C(=O)CCn2nc(-c3cccc(Cl)c3)cc21)NCCCN1CCCC1. The van der Waals surface area contributed by atoms with E-state index in [0.29, 0.717) is 30.4 Å². The van der Waals surface area contributed by atoms with E-state index in [0.717, 1.165) is 37.3 Å². The second-order valence-corrected chi connectivity index (χ2v) is 8.04. The number of carbonyl (C=O) groups excluding carboxylic acids is 2. The van der Waals surface area contributed by atoms with Gasteiger partial charge in [-0.15, -0.1) is 0 Å². The van der Waals surface area contributed by atoms with Crippen LogP contribution >= 0.6 is 11.6 Å². The van der Waals surface area contributed by atoms with Gasteiger partial charge < -0.3 is 10.2 Å². The zero-order valence-corrected chi connectivity index (χ0v) is 17.2. The van der Waals surface area contributed by atoms with Crippen LogP contribution in [-0.2, 0) is 16.1 Å². The number of hydrogen-bond acceptors (Lipinski definition) is 4. The molecule has 154 valence electrons. The summed E-state index contributed by atoms with van der Waals surface area (Å²) < 4.78 is 1.79. The number of aromatic nitrogens is 2. The van der Waals surface area contributed by atoms with Gasteiger partial charge in [-0.2, -0.15) is 5.10 Å². The van der Waals surface area contributed by atoms with Gasteiger partial charge in [-0.1, -0.05) is 23.7 Å². The maximum Gasteiger partial charge on any atom is 0.240 e. The Balaban J connectivity index is 1.37. The van der Waals surface area contributed by atoms with Crippen LogP contribution in [0.4, 0.5) is 5.82 Å². The summed E-state index contributed by atoms with van der Waals surface area (Å²) in [5, 5.41) is 8.18. The van der Waals surface area contributed by atoms with Crippen LogP contribution in [0.3, 0.4) is 0 Å². The van der Waals surface area contributed by atoms with E-state index in [1.807, 2.05) is 30.3 Å². The second-order valence-electron chi connectivity index (χ2n) is 7.60. The van der Waals surface area contributed by atoms with Crippen LogP contribution in [-0.4, -0.2) is 59.2 Å². The number of carbonyl (C=O) groups is 2. The number of amides is 2. The van der Waals surface area contributed by atoms with Gasteiger partial charge in [0.1, 0.15) is 12.4 Å². The largest absolute Gasteiger partial charge is 0.354 e. The molecular formula is C21H26ClN5O2. The third-order valence-corrected chi connectivity index (χ3v) is 5.70. The number of hydrogen-bond donors (Lipinski definition) is 1.